The van der Waals surface area contributed by atoms with Crippen molar-refractivity contribution in [2.24, 2.45) is 0 Å². The van der Waals surface area contributed by atoms with Gasteiger partial charge in [0.25, 0.3) is 5.92 Å². The summed E-state index contributed by atoms with van der Waals surface area (Å²) in [5, 5.41) is 19.4. The molecule has 0 aliphatic carbocycles. The van der Waals surface area contributed by atoms with Gasteiger partial charge in [-0.3, -0.25) is 0 Å². The summed E-state index contributed by atoms with van der Waals surface area (Å²) in [4.78, 5) is 11.4. The zero-order chi connectivity index (χ0) is 12.2. The van der Waals surface area contributed by atoms with E-state index in [0.29, 0.717) is 4.88 Å². The van der Waals surface area contributed by atoms with E-state index in [-0.39, 0.29) is 11.4 Å². The molecule has 3 N–H and O–H groups in total. The van der Waals surface area contributed by atoms with Crippen LogP contribution in [0.3, 0.4) is 0 Å². The molecule has 1 aromatic heterocycles. The number of thiophene rings is 1. The van der Waals surface area contributed by atoms with Gasteiger partial charge in [-0.15, -0.1) is 11.3 Å². The van der Waals surface area contributed by atoms with Crippen LogP contribution in [0.1, 0.15) is 14.5 Å². The quantitative estimate of drug-likeness (QED) is 0.709. The Morgan fingerprint density at radius 1 is 1.50 bits per heavy atom. The number of halogens is 2. The van der Waals surface area contributed by atoms with Gasteiger partial charge in [-0.05, 0) is 12.1 Å². The van der Waals surface area contributed by atoms with Crippen LogP contribution in [0, 0.1) is 0 Å². The van der Waals surface area contributed by atoms with E-state index in [1.165, 1.54) is 6.07 Å². The molecule has 0 spiro atoms. The van der Waals surface area contributed by atoms with E-state index in [1.54, 1.807) is 6.07 Å². The number of carboxylic acids is 1. The van der Waals surface area contributed by atoms with Crippen molar-refractivity contribution in [2.75, 3.05) is 13.2 Å². The van der Waals surface area contributed by atoms with Crippen molar-refractivity contribution in [3.8, 4) is 0 Å². The Hall–Kier alpha value is -1.05. The predicted octanol–water partition coefficient (Wildman–Crippen LogP) is 1.16. The molecule has 4 nitrogen and oxygen atoms in total. The van der Waals surface area contributed by atoms with Crippen molar-refractivity contribution < 1.29 is 23.8 Å². The zero-order valence-corrected chi connectivity index (χ0v) is 9.06. The highest BCUT2D eigenvalue weighted by molar-refractivity contribution is 7.13. The maximum absolute atomic E-state index is 12.6. The largest absolute Gasteiger partial charge is 0.477 e. The van der Waals surface area contributed by atoms with Crippen molar-refractivity contribution in [1.29, 1.82) is 0 Å². The Kier molecular flexibility index (Phi) is 4.34. The molecule has 90 valence electrons. The topological polar surface area (TPSA) is 69.6 Å². The SMILES string of the molecule is O=C(O)c1ccc(CNCC(F)(F)CO)s1. The van der Waals surface area contributed by atoms with Crippen LogP contribution in [0.15, 0.2) is 12.1 Å². The number of alkyl halides is 2. The fourth-order valence-electron chi connectivity index (χ4n) is 1.01. The Morgan fingerprint density at radius 3 is 2.69 bits per heavy atom. The van der Waals surface area contributed by atoms with E-state index in [0.717, 1.165) is 11.3 Å². The first-order valence-electron chi connectivity index (χ1n) is 4.46. The van der Waals surface area contributed by atoms with Crippen LogP contribution in [0.4, 0.5) is 8.78 Å². The number of carboxylic acid groups (broad SMARTS) is 1. The van der Waals surface area contributed by atoms with Crippen molar-refractivity contribution in [1.82, 2.24) is 5.32 Å². The molecule has 16 heavy (non-hydrogen) atoms. The van der Waals surface area contributed by atoms with Crippen LogP contribution in [0.25, 0.3) is 0 Å². The summed E-state index contributed by atoms with van der Waals surface area (Å²) in [5.74, 6) is -4.18. The summed E-state index contributed by atoms with van der Waals surface area (Å²) in [6.07, 6.45) is 0. The Bertz CT molecular complexity index is 367. The van der Waals surface area contributed by atoms with E-state index >= 15 is 0 Å². The third-order valence-electron chi connectivity index (χ3n) is 1.79. The molecule has 1 heterocycles. The van der Waals surface area contributed by atoms with Crippen LogP contribution < -0.4 is 5.32 Å². The molecule has 1 aromatic rings. The molecule has 0 aliphatic heterocycles. The number of aromatic carboxylic acids is 1. The minimum absolute atomic E-state index is 0.160. The highest BCUT2D eigenvalue weighted by Gasteiger charge is 2.26. The van der Waals surface area contributed by atoms with Gasteiger partial charge >= 0.3 is 5.97 Å². The second kappa shape index (κ2) is 5.33. The normalized spacial score (nSPS) is 11.7. The van der Waals surface area contributed by atoms with Crippen LogP contribution in [-0.4, -0.2) is 35.3 Å². The number of carbonyl (C=O) groups is 1. The lowest BCUT2D eigenvalue weighted by atomic mass is 10.3. The summed E-state index contributed by atoms with van der Waals surface area (Å²) in [7, 11) is 0. The fraction of sp³-hybridized carbons (Fsp3) is 0.444. The van der Waals surface area contributed by atoms with Crippen LogP contribution in [-0.2, 0) is 6.54 Å². The molecule has 0 saturated carbocycles. The molecule has 7 heteroatoms. The number of hydrogen-bond donors (Lipinski definition) is 3. The summed E-state index contributed by atoms with van der Waals surface area (Å²) < 4.78 is 25.2. The Labute approximate surface area is 94.5 Å². The summed E-state index contributed by atoms with van der Waals surface area (Å²) in [5.41, 5.74) is 0. The second-order valence-electron chi connectivity index (χ2n) is 3.19. The van der Waals surface area contributed by atoms with E-state index in [9.17, 15) is 13.6 Å². The van der Waals surface area contributed by atoms with Gasteiger partial charge in [0.05, 0.1) is 6.54 Å². The third-order valence-corrected chi connectivity index (χ3v) is 2.86. The number of rotatable bonds is 6. The van der Waals surface area contributed by atoms with Gasteiger partial charge in [0.1, 0.15) is 11.5 Å². The van der Waals surface area contributed by atoms with E-state index in [2.05, 4.69) is 5.32 Å². The second-order valence-corrected chi connectivity index (χ2v) is 4.36. The van der Waals surface area contributed by atoms with Crippen LogP contribution in [0.2, 0.25) is 0 Å². The molecule has 1 rings (SSSR count). The summed E-state index contributed by atoms with van der Waals surface area (Å²) >= 11 is 1.03. The van der Waals surface area contributed by atoms with Crippen molar-refractivity contribution in [3.63, 3.8) is 0 Å². The Morgan fingerprint density at radius 2 is 2.19 bits per heavy atom. The average Bonchev–Trinajstić information content (AvgIpc) is 2.66. The predicted molar refractivity (Wildman–Crippen MR) is 55.0 cm³/mol. The maximum Gasteiger partial charge on any atom is 0.345 e. The van der Waals surface area contributed by atoms with Gasteiger partial charge in [-0.1, -0.05) is 0 Å². The molecule has 0 aliphatic rings. The molecule has 0 unspecified atom stereocenters. The van der Waals surface area contributed by atoms with Gasteiger partial charge in [-0.25, -0.2) is 13.6 Å². The maximum atomic E-state index is 12.6. The van der Waals surface area contributed by atoms with Gasteiger partial charge < -0.3 is 15.5 Å². The molecule has 0 fully saturated rings. The minimum Gasteiger partial charge on any atom is -0.477 e. The van der Waals surface area contributed by atoms with E-state index in [1.807, 2.05) is 0 Å². The molecule has 0 bridgehead atoms. The first-order valence-corrected chi connectivity index (χ1v) is 5.28. The highest BCUT2D eigenvalue weighted by atomic mass is 32.1. The zero-order valence-electron chi connectivity index (χ0n) is 8.24. The molecule has 0 radical (unpaired) electrons. The molecule has 0 aromatic carbocycles. The smallest absolute Gasteiger partial charge is 0.345 e. The molecule has 0 atom stereocenters. The lowest BCUT2D eigenvalue weighted by Crippen LogP contribution is -2.35. The van der Waals surface area contributed by atoms with E-state index < -0.39 is 25.0 Å². The number of aliphatic hydroxyl groups is 1. The van der Waals surface area contributed by atoms with Gasteiger partial charge in [0.15, 0.2) is 0 Å². The first kappa shape index (κ1) is 13.0. The third kappa shape index (κ3) is 3.84. The number of aliphatic hydroxyl groups excluding tert-OH is 1. The summed E-state index contributed by atoms with van der Waals surface area (Å²) in [6.45, 7) is -1.68. The monoisotopic (exact) mass is 251 g/mol. The van der Waals surface area contributed by atoms with Crippen LogP contribution in [0.5, 0.6) is 0 Å². The highest BCUT2D eigenvalue weighted by Crippen LogP contribution is 2.16. The van der Waals surface area contributed by atoms with Crippen molar-refractivity contribution >= 4 is 17.3 Å². The van der Waals surface area contributed by atoms with E-state index in [4.69, 9.17) is 10.2 Å². The molecular formula is C9H11F2NO3S. The number of hydrogen-bond acceptors (Lipinski definition) is 4. The molecule has 0 saturated heterocycles. The average molecular weight is 251 g/mol. The van der Waals surface area contributed by atoms with Crippen molar-refractivity contribution in [2.45, 2.75) is 12.5 Å². The first-order chi connectivity index (χ1) is 7.44. The van der Waals surface area contributed by atoms with Gasteiger partial charge in [-0.2, -0.15) is 0 Å². The molecule has 0 amide bonds. The Balaban J connectivity index is 2.40. The van der Waals surface area contributed by atoms with Crippen molar-refractivity contribution in [3.05, 3.63) is 21.9 Å². The van der Waals surface area contributed by atoms with Gasteiger partial charge in [0, 0.05) is 11.4 Å². The minimum atomic E-state index is -3.15. The van der Waals surface area contributed by atoms with Gasteiger partial charge in [0.2, 0.25) is 0 Å². The summed E-state index contributed by atoms with van der Waals surface area (Å²) in [6, 6.07) is 2.99. The standard InChI is InChI=1S/C9H11F2NO3S/c10-9(11,5-13)4-12-3-6-1-2-7(16-6)8(14)15/h1-2,12-13H,3-5H2,(H,14,15). The lowest BCUT2D eigenvalue weighted by molar-refractivity contribution is -0.0477. The number of nitrogens with one attached hydrogen (secondary N) is 1. The van der Waals surface area contributed by atoms with Crippen LogP contribution >= 0.6 is 11.3 Å². The lowest BCUT2D eigenvalue weighted by Gasteiger charge is -2.13. The molecular weight excluding hydrogens is 240 g/mol. The fourth-order valence-corrected chi connectivity index (χ4v) is 1.83.